The summed E-state index contributed by atoms with van der Waals surface area (Å²) in [6.45, 7) is 6.73. The van der Waals surface area contributed by atoms with E-state index in [1.807, 2.05) is 4.90 Å². The zero-order valence-electron chi connectivity index (χ0n) is 14.5. The largest absolute Gasteiger partial charge is 0.573 e. The second-order valence-electron chi connectivity index (χ2n) is 6.97. The molecule has 0 spiro atoms. The Hall–Kier alpha value is -2.12. The van der Waals surface area contributed by atoms with Gasteiger partial charge in [0.1, 0.15) is 11.4 Å². The van der Waals surface area contributed by atoms with E-state index in [9.17, 15) is 18.0 Å². The van der Waals surface area contributed by atoms with Crippen LogP contribution in [0.2, 0.25) is 0 Å². The number of hydrogen-bond donors (Lipinski definition) is 1. The highest BCUT2D eigenvalue weighted by Crippen LogP contribution is 2.26. The Kier molecular flexibility index (Phi) is 5.69. The fourth-order valence-electron chi connectivity index (χ4n) is 2.66. The van der Waals surface area contributed by atoms with E-state index in [0.717, 1.165) is 25.1 Å². The van der Waals surface area contributed by atoms with E-state index in [-0.39, 0.29) is 11.8 Å². The summed E-state index contributed by atoms with van der Waals surface area (Å²) in [6, 6.07) is 5.66. The van der Waals surface area contributed by atoms with E-state index in [0.29, 0.717) is 6.54 Å². The van der Waals surface area contributed by atoms with Crippen LogP contribution in [0.3, 0.4) is 0 Å². The van der Waals surface area contributed by atoms with Crippen LogP contribution >= 0.6 is 0 Å². The zero-order valence-corrected chi connectivity index (χ0v) is 14.5. The van der Waals surface area contributed by atoms with Crippen molar-refractivity contribution in [2.45, 2.75) is 51.6 Å². The number of benzene rings is 1. The third-order valence-electron chi connectivity index (χ3n) is 3.58. The maximum Gasteiger partial charge on any atom is 0.573 e. The van der Waals surface area contributed by atoms with Gasteiger partial charge in [-0.1, -0.05) is 0 Å². The van der Waals surface area contributed by atoms with Gasteiger partial charge in [-0.2, -0.15) is 0 Å². The molecule has 0 saturated carbocycles. The van der Waals surface area contributed by atoms with Crippen molar-refractivity contribution >= 4 is 11.8 Å². The Labute approximate surface area is 145 Å². The zero-order chi connectivity index (χ0) is 18.7. The number of nitrogens with zero attached hydrogens (tertiary/aromatic N) is 1. The molecule has 0 bridgehead atoms. The van der Waals surface area contributed by atoms with Crippen molar-refractivity contribution < 1.29 is 27.4 Å². The van der Waals surface area contributed by atoms with Crippen molar-refractivity contribution in [3.05, 3.63) is 24.3 Å². The average Bonchev–Trinajstić information content (AvgIpc) is 2.44. The minimum absolute atomic E-state index is 0.0744. The number of alkyl carbamates (subject to hydrolysis) is 1. The minimum Gasteiger partial charge on any atom is -0.444 e. The minimum atomic E-state index is -4.70. The van der Waals surface area contributed by atoms with Gasteiger partial charge in [-0.3, -0.25) is 0 Å². The number of hydrogen-bond acceptors (Lipinski definition) is 4. The number of ether oxygens (including phenoxy) is 2. The Morgan fingerprint density at radius 1 is 1.20 bits per heavy atom. The molecule has 0 radical (unpaired) electrons. The highest BCUT2D eigenvalue weighted by molar-refractivity contribution is 5.68. The van der Waals surface area contributed by atoms with Crippen LogP contribution < -0.4 is 15.0 Å². The first kappa shape index (κ1) is 19.2. The smallest absolute Gasteiger partial charge is 0.444 e. The molecule has 1 unspecified atom stereocenters. The number of piperidine rings is 1. The molecule has 1 aromatic carbocycles. The standard InChI is InChI=1S/C17H23F3N2O3/c1-16(2,3)25-15(23)21-12-5-4-10-22(11-12)13-6-8-14(9-7-13)24-17(18,19)20/h6-9,12H,4-5,10-11H2,1-3H3,(H,21,23). The predicted octanol–water partition coefficient (Wildman–Crippen LogP) is 4.08. The van der Waals surface area contributed by atoms with Crippen LogP contribution in [0, 0.1) is 0 Å². The van der Waals surface area contributed by atoms with Crippen LogP contribution in [0.4, 0.5) is 23.7 Å². The summed E-state index contributed by atoms with van der Waals surface area (Å²) in [5.74, 6) is -0.253. The lowest BCUT2D eigenvalue weighted by Crippen LogP contribution is -2.49. The molecule has 1 N–H and O–H groups in total. The Balaban J connectivity index is 1.93. The van der Waals surface area contributed by atoms with Crippen LogP contribution in [-0.4, -0.2) is 37.2 Å². The van der Waals surface area contributed by atoms with Crippen molar-refractivity contribution in [2.24, 2.45) is 0 Å². The molecule has 5 nitrogen and oxygen atoms in total. The van der Waals surface area contributed by atoms with E-state index < -0.39 is 18.1 Å². The van der Waals surface area contributed by atoms with Crippen LogP contribution in [0.5, 0.6) is 5.75 Å². The second kappa shape index (κ2) is 7.41. The third-order valence-corrected chi connectivity index (χ3v) is 3.58. The van der Waals surface area contributed by atoms with Gasteiger partial charge in [-0.25, -0.2) is 4.79 Å². The Morgan fingerprint density at radius 2 is 1.84 bits per heavy atom. The van der Waals surface area contributed by atoms with E-state index >= 15 is 0 Å². The molecule has 1 saturated heterocycles. The molecule has 0 aliphatic carbocycles. The van der Waals surface area contributed by atoms with E-state index in [2.05, 4.69) is 10.1 Å². The molecule has 1 amide bonds. The summed E-state index contributed by atoms with van der Waals surface area (Å²) in [6.07, 6.45) is -3.48. The van der Waals surface area contributed by atoms with Gasteiger partial charge in [0, 0.05) is 24.8 Å². The lowest BCUT2D eigenvalue weighted by Gasteiger charge is -2.35. The normalized spacial score (nSPS) is 18.6. The number of halogens is 3. The van der Waals surface area contributed by atoms with Crippen LogP contribution in [0.15, 0.2) is 24.3 Å². The van der Waals surface area contributed by atoms with Crippen LogP contribution in [0.25, 0.3) is 0 Å². The van der Waals surface area contributed by atoms with Crippen molar-refractivity contribution in [1.82, 2.24) is 5.32 Å². The fraction of sp³-hybridized carbons (Fsp3) is 0.588. The topological polar surface area (TPSA) is 50.8 Å². The molecule has 1 aliphatic rings. The monoisotopic (exact) mass is 360 g/mol. The Bertz CT molecular complexity index is 582. The molecular weight excluding hydrogens is 337 g/mol. The maximum atomic E-state index is 12.2. The van der Waals surface area contributed by atoms with Crippen molar-refractivity contribution in [1.29, 1.82) is 0 Å². The lowest BCUT2D eigenvalue weighted by molar-refractivity contribution is -0.274. The summed E-state index contributed by atoms with van der Waals surface area (Å²) in [5, 5.41) is 2.84. The summed E-state index contributed by atoms with van der Waals surface area (Å²) >= 11 is 0. The van der Waals surface area contributed by atoms with Crippen LogP contribution in [-0.2, 0) is 4.74 Å². The molecular formula is C17H23F3N2O3. The number of nitrogens with one attached hydrogen (secondary N) is 1. The van der Waals surface area contributed by atoms with Gasteiger partial charge in [0.25, 0.3) is 0 Å². The van der Waals surface area contributed by atoms with Gasteiger partial charge >= 0.3 is 12.5 Å². The predicted molar refractivity (Wildman–Crippen MR) is 87.7 cm³/mol. The van der Waals surface area contributed by atoms with Gasteiger partial charge in [0.05, 0.1) is 0 Å². The number of rotatable bonds is 3. The SMILES string of the molecule is CC(C)(C)OC(=O)NC1CCCN(c2ccc(OC(F)(F)F)cc2)C1. The molecule has 140 valence electrons. The maximum absolute atomic E-state index is 12.2. The molecule has 1 heterocycles. The fourth-order valence-corrected chi connectivity index (χ4v) is 2.66. The van der Waals surface area contributed by atoms with Gasteiger partial charge < -0.3 is 19.7 Å². The summed E-state index contributed by atoms with van der Waals surface area (Å²) in [7, 11) is 0. The van der Waals surface area contributed by atoms with Crippen molar-refractivity contribution in [3.8, 4) is 5.75 Å². The van der Waals surface area contributed by atoms with Crippen LogP contribution in [0.1, 0.15) is 33.6 Å². The summed E-state index contributed by atoms with van der Waals surface area (Å²) in [5.41, 5.74) is 0.220. The average molecular weight is 360 g/mol. The summed E-state index contributed by atoms with van der Waals surface area (Å²) in [4.78, 5) is 13.9. The number of carbonyl (C=O) groups is 1. The number of alkyl halides is 3. The first-order valence-corrected chi connectivity index (χ1v) is 8.12. The first-order chi connectivity index (χ1) is 11.5. The molecule has 25 heavy (non-hydrogen) atoms. The van der Waals surface area contributed by atoms with Crippen molar-refractivity contribution in [2.75, 3.05) is 18.0 Å². The van der Waals surface area contributed by atoms with Gasteiger partial charge in [-0.05, 0) is 57.9 Å². The van der Waals surface area contributed by atoms with Crippen molar-refractivity contribution in [3.63, 3.8) is 0 Å². The molecule has 0 aromatic heterocycles. The first-order valence-electron chi connectivity index (χ1n) is 8.12. The number of carbonyl (C=O) groups excluding carboxylic acids is 1. The molecule has 8 heteroatoms. The quantitative estimate of drug-likeness (QED) is 0.883. The van der Waals surface area contributed by atoms with E-state index in [1.165, 1.54) is 12.1 Å². The highest BCUT2D eigenvalue weighted by Gasteiger charge is 2.31. The molecule has 1 fully saturated rings. The second-order valence-corrected chi connectivity index (χ2v) is 6.97. The molecule has 1 atom stereocenters. The van der Waals surface area contributed by atoms with Gasteiger partial charge in [0.2, 0.25) is 0 Å². The van der Waals surface area contributed by atoms with Gasteiger partial charge in [0.15, 0.2) is 0 Å². The Morgan fingerprint density at radius 3 is 2.40 bits per heavy atom. The molecule has 2 rings (SSSR count). The highest BCUT2D eigenvalue weighted by atomic mass is 19.4. The molecule has 1 aromatic rings. The summed E-state index contributed by atoms with van der Waals surface area (Å²) < 4.78 is 45.7. The lowest BCUT2D eigenvalue weighted by atomic mass is 10.1. The van der Waals surface area contributed by atoms with E-state index in [1.54, 1.807) is 32.9 Å². The van der Waals surface area contributed by atoms with E-state index in [4.69, 9.17) is 4.74 Å². The number of amides is 1. The molecule has 1 aliphatic heterocycles. The van der Waals surface area contributed by atoms with Gasteiger partial charge in [-0.15, -0.1) is 13.2 Å². The third kappa shape index (κ3) is 6.72. The number of anilines is 1.